The van der Waals surface area contributed by atoms with Gasteiger partial charge in [0.05, 0.1) is 20.5 Å². The summed E-state index contributed by atoms with van der Waals surface area (Å²) in [5.74, 6) is 0.325. The van der Waals surface area contributed by atoms with Gasteiger partial charge in [-0.2, -0.15) is 0 Å². The first-order valence-electron chi connectivity index (χ1n) is 5.29. The monoisotopic (exact) mass is 325 g/mol. The summed E-state index contributed by atoms with van der Waals surface area (Å²) in [4.78, 5) is 7.42. The Balaban J connectivity index is 2.00. The highest BCUT2D eigenvalue weighted by molar-refractivity contribution is 9.11. The number of anilines is 2. The standard InChI is InChI=1S/C12H9BrFN3S/c1-6-5-18-11(13)10(6)17-12-15-8-3-2-7(14)4-9(8)16-12/h2-5H,1H3,(H2,15,16,17). The number of halogens is 2. The fourth-order valence-electron chi connectivity index (χ4n) is 1.72. The summed E-state index contributed by atoms with van der Waals surface area (Å²) in [6.45, 7) is 2.02. The molecule has 2 heterocycles. The third-order valence-electron chi connectivity index (χ3n) is 2.62. The Kier molecular flexibility index (Phi) is 2.83. The van der Waals surface area contributed by atoms with Crippen molar-refractivity contribution >= 4 is 49.9 Å². The van der Waals surface area contributed by atoms with Gasteiger partial charge in [0, 0.05) is 6.07 Å². The summed E-state index contributed by atoms with van der Waals surface area (Å²) in [7, 11) is 0. The molecule has 0 aliphatic rings. The van der Waals surface area contributed by atoms with Crippen LogP contribution in [0.1, 0.15) is 5.56 Å². The van der Waals surface area contributed by atoms with E-state index in [9.17, 15) is 4.39 Å². The summed E-state index contributed by atoms with van der Waals surface area (Å²) in [5.41, 5.74) is 3.54. The highest BCUT2D eigenvalue weighted by Crippen LogP contribution is 2.34. The lowest BCUT2D eigenvalue weighted by molar-refractivity contribution is 0.629. The molecular weight excluding hydrogens is 317 g/mol. The zero-order valence-corrected chi connectivity index (χ0v) is 11.8. The number of hydrogen-bond acceptors (Lipinski definition) is 3. The molecule has 0 aliphatic heterocycles. The van der Waals surface area contributed by atoms with Crippen LogP contribution in [0.4, 0.5) is 16.0 Å². The van der Waals surface area contributed by atoms with E-state index in [1.807, 2.05) is 6.92 Å². The quantitative estimate of drug-likeness (QED) is 0.724. The van der Waals surface area contributed by atoms with Crippen LogP contribution < -0.4 is 5.32 Å². The molecule has 2 aromatic heterocycles. The normalized spacial score (nSPS) is 11.1. The van der Waals surface area contributed by atoms with Crippen molar-refractivity contribution in [3.63, 3.8) is 0 Å². The molecule has 0 saturated carbocycles. The summed E-state index contributed by atoms with van der Waals surface area (Å²) in [5, 5.41) is 5.25. The van der Waals surface area contributed by atoms with E-state index in [-0.39, 0.29) is 5.82 Å². The maximum absolute atomic E-state index is 13.1. The van der Waals surface area contributed by atoms with Gasteiger partial charge in [0.25, 0.3) is 0 Å². The Hall–Kier alpha value is -1.40. The Morgan fingerprint density at radius 1 is 1.44 bits per heavy atom. The van der Waals surface area contributed by atoms with Gasteiger partial charge in [-0.25, -0.2) is 9.37 Å². The molecule has 18 heavy (non-hydrogen) atoms. The Morgan fingerprint density at radius 2 is 2.28 bits per heavy atom. The summed E-state index contributed by atoms with van der Waals surface area (Å²) in [6.07, 6.45) is 0. The van der Waals surface area contributed by atoms with Gasteiger partial charge in [0.1, 0.15) is 5.82 Å². The van der Waals surface area contributed by atoms with Crippen molar-refractivity contribution in [2.24, 2.45) is 0 Å². The van der Waals surface area contributed by atoms with Crippen LogP contribution in [0, 0.1) is 12.7 Å². The van der Waals surface area contributed by atoms with Gasteiger partial charge in [0.15, 0.2) is 0 Å². The summed E-state index contributed by atoms with van der Waals surface area (Å²) >= 11 is 5.10. The minimum absolute atomic E-state index is 0.284. The van der Waals surface area contributed by atoms with E-state index in [0.717, 1.165) is 20.6 Å². The second-order valence-electron chi connectivity index (χ2n) is 3.94. The molecule has 0 fully saturated rings. The van der Waals surface area contributed by atoms with Crippen LogP contribution in [0.5, 0.6) is 0 Å². The average Bonchev–Trinajstić information content (AvgIpc) is 2.86. The van der Waals surface area contributed by atoms with Crippen LogP contribution in [0.3, 0.4) is 0 Å². The van der Waals surface area contributed by atoms with Gasteiger partial charge in [-0.3, -0.25) is 0 Å². The van der Waals surface area contributed by atoms with Crippen molar-refractivity contribution in [3.8, 4) is 0 Å². The second kappa shape index (κ2) is 4.37. The largest absolute Gasteiger partial charge is 0.324 e. The van der Waals surface area contributed by atoms with Crippen molar-refractivity contribution in [1.82, 2.24) is 9.97 Å². The number of aryl methyl sites for hydroxylation is 1. The maximum Gasteiger partial charge on any atom is 0.205 e. The number of imidazole rings is 1. The molecule has 0 radical (unpaired) electrons. The van der Waals surface area contributed by atoms with Crippen molar-refractivity contribution < 1.29 is 4.39 Å². The number of H-pyrrole nitrogens is 1. The molecule has 0 atom stereocenters. The van der Waals surface area contributed by atoms with Gasteiger partial charge in [-0.1, -0.05) is 0 Å². The SMILES string of the molecule is Cc1csc(Br)c1Nc1nc2cc(F)ccc2[nH]1. The van der Waals surface area contributed by atoms with E-state index in [0.29, 0.717) is 11.5 Å². The molecule has 0 aliphatic carbocycles. The number of benzene rings is 1. The average molecular weight is 326 g/mol. The molecule has 3 nitrogen and oxygen atoms in total. The van der Waals surface area contributed by atoms with Crippen LogP contribution in [-0.2, 0) is 0 Å². The predicted octanol–water partition coefficient (Wildman–Crippen LogP) is 4.58. The minimum atomic E-state index is -0.284. The second-order valence-corrected chi connectivity index (χ2v) is 6.14. The van der Waals surface area contributed by atoms with Crippen molar-refractivity contribution in [1.29, 1.82) is 0 Å². The Morgan fingerprint density at radius 3 is 3.00 bits per heavy atom. The molecule has 0 spiro atoms. The van der Waals surface area contributed by atoms with E-state index in [1.54, 1.807) is 17.4 Å². The lowest BCUT2D eigenvalue weighted by Crippen LogP contribution is -1.92. The van der Waals surface area contributed by atoms with Crippen molar-refractivity contribution in [2.45, 2.75) is 6.92 Å². The van der Waals surface area contributed by atoms with Crippen molar-refractivity contribution in [2.75, 3.05) is 5.32 Å². The molecule has 1 aromatic carbocycles. The fraction of sp³-hybridized carbons (Fsp3) is 0.0833. The van der Waals surface area contributed by atoms with E-state index in [4.69, 9.17) is 0 Å². The third kappa shape index (κ3) is 2.02. The van der Waals surface area contributed by atoms with Gasteiger partial charge in [-0.05, 0) is 45.9 Å². The lowest BCUT2D eigenvalue weighted by Gasteiger charge is -2.02. The zero-order valence-electron chi connectivity index (χ0n) is 9.42. The van der Waals surface area contributed by atoms with E-state index < -0.39 is 0 Å². The molecule has 0 unspecified atom stereocenters. The van der Waals surface area contributed by atoms with Crippen LogP contribution >= 0.6 is 27.3 Å². The number of fused-ring (bicyclic) bond motifs is 1. The number of aromatic nitrogens is 2. The van der Waals surface area contributed by atoms with Gasteiger partial charge >= 0.3 is 0 Å². The first kappa shape index (κ1) is 11.7. The molecule has 0 bridgehead atoms. The smallest absolute Gasteiger partial charge is 0.205 e. The summed E-state index contributed by atoms with van der Waals surface area (Å²) in [6, 6.07) is 4.50. The molecule has 92 valence electrons. The number of nitrogens with one attached hydrogen (secondary N) is 2. The Bertz CT molecular complexity index is 700. The minimum Gasteiger partial charge on any atom is -0.324 e. The van der Waals surface area contributed by atoms with Crippen LogP contribution in [0.15, 0.2) is 27.4 Å². The number of thiophene rings is 1. The third-order valence-corrected chi connectivity index (χ3v) is 4.46. The maximum atomic E-state index is 13.1. The number of rotatable bonds is 2. The van der Waals surface area contributed by atoms with Crippen LogP contribution in [0.25, 0.3) is 11.0 Å². The highest BCUT2D eigenvalue weighted by atomic mass is 79.9. The lowest BCUT2D eigenvalue weighted by atomic mass is 10.3. The Labute approximate surface area is 115 Å². The molecule has 2 N–H and O–H groups in total. The molecule has 3 rings (SSSR count). The van der Waals surface area contributed by atoms with Crippen LogP contribution in [-0.4, -0.2) is 9.97 Å². The van der Waals surface area contributed by atoms with Crippen molar-refractivity contribution in [3.05, 3.63) is 38.7 Å². The first-order valence-corrected chi connectivity index (χ1v) is 6.96. The molecular formula is C12H9BrFN3S. The van der Waals surface area contributed by atoms with E-state index in [2.05, 4.69) is 36.6 Å². The number of nitrogens with zero attached hydrogens (tertiary/aromatic N) is 1. The van der Waals surface area contributed by atoms with Crippen LogP contribution in [0.2, 0.25) is 0 Å². The molecule has 0 amide bonds. The first-order chi connectivity index (χ1) is 8.63. The zero-order chi connectivity index (χ0) is 12.7. The molecule has 6 heteroatoms. The number of hydrogen-bond donors (Lipinski definition) is 2. The fourth-order valence-corrected chi connectivity index (χ4v) is 3.14. The molecule has 3 aromatic rings. The number of aromatic amines is 1. The van der Waals surface area contributed by atoms with E-state index >= 15 is 0 Å². The highest BCUT2D eigenvalue weighted by Gasteiger charge is 2.09. The van der Waals surface area contributed by atoms with Gasteiger partial charge in [-0.15, -0.1) is 11.3 Å². The van der Waals surface area contributed by atoms with Gasteiger partial charge < -0.3 is 10.3 Å². The molecule has 0 saturated heterocycles. The topological polar surface area (TPSA) is 40.7 Å². The van der Waals surface area contributed by atoms with Gasteiger partial charge in [0.2, 0.25) is 5.95 Å². The summed E-state index contributed by atoms with van der Waals surface area (Å²) < 4.78 is 14.1. The predicted molar refractivity (Wildman–Crippen MR) is 76.1 cm³/mol. The van der Waals surface area contributed by atoms with E-state index in [1.165, 1.54) is 12.1 Å².